The van der Waals surface area contributed by atoms with Crippen molar-refractivity contribution in [2.75, 3.05) is 13.1 Å². The van der Waals surface area contributed by atoms with Gasteiger partial charge in [0.15, 0.2) is 0 Å². The number of unbranched alkanes of at least 4 members (excludes halogenated alkanes) is 18. The van der Waals surface area contributed by atoms with Gasteiger partial charge in [-0.2, -0.15) is 0 Å². The van der Waals surface area contributed by atoms with Crippen molar-refractivity contribution in [1.29, 1.82) is 0 Å². The summed E-state index contributed by atoms with van der Waals surface area (Å²) in [4.78, 5) is 37.1. The SMILES string of the molecule is CCCCCCCCCCCCN1C(=O)C2=C(c3ccc(C)s3)N(CCCCCCCCCCCC)C(=O)C2=C1c1ccc(C)s1. The number of amides is 2. The fraction of sp³-hybridized carbons (Fsp3) is 0.650. The molecule has 0 radical (unpaired) electrons. The van der Waals surface area contributed by atoms with Gasteiger partial charge in [-0.15, -0.1) is 22.7 Å². The third-order valence-electron chi connectivity index (χ3n) is 9.60. The van der Waals surface area contributed by atoms with Gasteiger partial charge in [0.05, 0.1) is 32.3 Å². The fourth-order valence-corrected chi connectivity index (χ4v) is 8.83. The van der Waals surface area contributed by atoms with Gasteiger partial charge in [-0.05, 0) is 51.0 Å². The van der Waals surface area contributed by atoms with Crippen molar-refractivity contribution in [2.24, 2.45) is 0 Å². The summed E-state index contributed by atoms with van der Waals surface area (Å²) in [6.45, 7) is 10.1. The molecule has 0 aromatic carbocycles. The third kappa shape index (κ3) is 9.92. The molecule has 2 aliphatic heterocycles. The number of aryl methyl sites for hydroxylation is 2. The van der Waals surface area contributed by atoms with Crippen molar-refractivity contribution in [2.45, 2.75) is 156 Å². The summed E-state index contributed by atoms with van der Waals surface area (Å²) in [6.07, 6.45) is 25.3. The van der Waals surface area contributed by atoms with Crippen molar-refractivity contribution < 1.29 is 9.59 Å². The Kier molecular flexibility index (Phi) is 15.6. The van der Waals surface area contributed by atoms with Gasteiger partial charge < -0.3 is 9.80 Å². The lowest BCUT2D eigenvalue weighted by Crippen LogP contribution is -2.30. The lowest BCUT2D eigenvalue weighted by atomic mass is 10.1. The molecule has 2 aromatic rings. The summed E-state index contributed by atoms with van der Waals surface area (Å²) in [5.74, 6) is 0.0407. The van der Waals surface area contributed by atoms with Gasteiger partial charge in [0.2, 0.25) is 0 Å². The molecule has 2 amide bonds. The van der Waals surface area contributed by atoms with E-state index in [4.69, 9.17) is 0 Å². The highest BCUT2D eigenvalue weighted by molar-refractivity contribution is 7.13. The van der Waals surface area contributed by atoms with Gasteiger partial charge in [-0.3, -0.25) is 9.59 Å². The second-order valence-corrected chi connectivity index (χ2v) is 16.1. The molecule has 0 fully saturated rings. The Hall–Kier alpha value is -2.18. The van der Waals surface area contributed by atoms with Crippen LogP contribution in [0, 0.1) is 13.8 Å². The molecule has 0 N–H and O–H groups in total. The maximum atomic E-state index is 14.3. The first-order valence-electron chi connectivity index (χ1n) is 18.7. The van der Waals surface area contributed by atoms with Gasteiger partial charge in [-0.1, -0.05) is 129 Å². The van der Waals surface area contributed by atoms with Crippen LogP contribution >= 0.6 is 22.7 Å². The zero-order chi connectivity index (χ0) is 32.7. The van der Waals surface area contributed by atoms with Gasteiger partial charge >= 0.3 is 0 Å². The minimum absolute atomic E-state index is 0.0203. The minimum atomic E-state index is 0.0203. The summed E-state index contributed by atoms with van der Waals surface area (Å²) in [6, 6.07) is 8.44. The highest BCUT2D eigenvalue weighted by Crippen LogP contribution is 2.48. The van der Waals surface area contributed by atoms with Gasteiger partial charge in [-0.25, -0.2) is 0 Å². The van der Waals surface area contributed by atoms with Crippen molar-refractivity contribution in [3.63, 3.8) is 0 Å². The number of fused-ring (bicyclic) bond motifs is 1. The molecule has 0 saturated heterocycles. The van der Waals surface area contributed by atoms with Crippen LogP contribution in [0.4, 0.5) is 0 Å². The molecule has 46 heavy (non-hydrogen) atoms. The molecular weight excluding hydrogens is 605 g/mol. The normalized spacial score (nSPS) is 15.0. The van der Waals surface area contributed by atoms with Crippen molar-refractivity contribution in [3.05, 3.63) is 54.9 Å². The maximum Gasteiger partial charge on any atom is 0.261 e. The first kappa shape index (κ1) is 36.7. The number of rotatable bonds is 24. The highest BCUT2D eigenvalue weighted by Gasteiger charge is 2.49. The molecule has 0 spiro atoms. The van der Waals surface area contributed by atoms with Crippen LogP contribution in [-0.2, 0) is 9.59 Å². The molecule has 6 heteroatoms. The van der Waals surface area contributed by atoms with Crippen molar-refractivity contribution >= 4 is 45.9 Å². The monoisotopic (exact) mass is 664 g/mol. The van der Waals surface area contributed by atoms with Crippen LogP contribution in [0.2, 0.25) is 0 Å². The Morgan fingerprint density at radius 3 is 1.04 bits per heavy atom. The summed E-state index contributed by atoms with van der Waals surface area (Å²) in [5, 5.41) is 0. The van der Waals surface area contributed by atoms with E-state index in [1.807, 2.05) is 9.80 Å². The molecule has 0 bridgehead atoms. The van der Waals surface area contributed by atoms with E-state index in [0.717, 1.165) is 46.8 Å². The summed E-state index contributed by atoms with van der Waals surface area (Å²) in [7, 11) is 0. The Morgan fingerprint density at radius 1 is 0.457 bits per heavy atom. The Labute approximate surface area is 288 Å². The van der Waals surface area contributed by atoms with Gasteiger partial charge in [0.25, 0.3) is 11.8 Å². The Balaban J connectivity index is 1.44. The van der Waals surface area contributed by atoms with E-state index in [1.54, 1.807) is 22.7 Å². The quantitative estimate of drug-likeness (QED) is 0.105. The van der Waals surface area contributed by atoms with E-state index < -0.39 is 0 Å². The second kappa shape index (κ2) is 19.6. The van der Waals surface area contributed by atoms with Crippen molar-refractivity contribution in [3.8, 4) is 0 Å². The molecule has 4 heterocycles. The number of nitrogens with zero attached hydrogens (tertiary/aromatic N) is 2. The van der Waals surface area contributed by atoms with E-state index in [9.17, 15) is 9.59 Å². The third-order valence-corrected chi connectivity index (χ3v) is 11.6. The van der Waals surface area contributed by atoms with Crippen LogP contribution in [0.25, 0.3) is 11.4 Å². The number of hydrogen-bond acceptors (Lipinski definition) is 4. The molecule has 4 nitrogen and oxygen atoms in total. The first-order chi connectivity index (χ1) is 22.5. The predicted octanol–water partition coefficient (Wildman–Crippen LogP) is 12.1. The van der Waals surface area contributed by atoms with Crippen LogP contribution in [0.5, 0.6) is 0 Å². The molecule has 0 atom stereocenters. The van der Waals surface area contributed by atoms with Crippen LogP contribution < -0.4 is 0 Å². The summed E-state index contributed by atoms with van der Waals surface area (Å²) >= 11 is 3.39. The molecule has 2 aliphatic rings. The summed E-state index contributed by atoms with van der Waals surface area (Å²) in [5.41, 5.74) is 3.00. The lowest BCUT2D eigenvalue weighted by molar-refractivity contribution is -0.124. The Bertz CT molecular complexity index is 1220. The highest BCUT2D eigenvalue weighted by atomic mass is 32.1. The van der Waals surface area contributed by atoms with Crippen molar-refractivity contribution in [1.82, 2.24) is 9.80 Å². The second-order valence-electron chi connectivity index (χ2n) is 13.5. The van der Waals surface area contributed by atoms with E-state index in [1.165, 1.54) is 112 Å². The van der Waals surface area contributed by atoms with Crippen LogP contribution in [-0.4, -0.2) is 34.7 Å². The van der Waals surface area contributed by atoms with Crippen LogP contribution in [0.1, 0.15) is 162 Å². The van der Waals surface area contributed by atoms with Gasteiger partial charge in [0.1, 0.15) is 0 Å². The minimum Gasteiger partial charge on any atom is -0.306 e. The molecular formula is C40H60N2O2S2. The number of thiophene rings is 2. The van der Waals surface area contributed by atoms with Crippen LogP contribution in [0.15, 0.2) is 35.4 Å². The van der Waals surface area contributed by atoms with E-state index in [-0.39, 0.29) is 11.8 Å². The maximum absolute atomic E-state index is 14.3. The average molecular weight is 665 g/mol. The smallest absolute Gasteiger partial charge is 0.261 e. The molecule has 4 rings (SSSR count). The van der Waals surface area contributed by atoms with Gasteiger partial charge in [0, 0.05) is 22.8 Å². The molecule has 0 unspecified atom stereocenters. The Morgan fingerprint density at radius 2 is 0.761 bits per heavy atom. The number of carbonyl (C=O) groups excluding carboxylic acids is 2. The van der Waals surface area contributed by atoms with E-state index in [2.05, 4.69) is 52.0 Å². The lowest BCUT2D eigenvalue weighted by Gasteiger charge is -2.24. The van der Waals surface area contributed by atoms with Crippen LogP contribution in [0.3, 0.4) is 0 Å². The largest absolute Gasteiger partial charge is 0.306 e. The average Bonchev–Trinajstić information content (AvgIpc) is 3.80. The predicted molar refractivity (Wildman–Crippen MR) is 199 cm³/mol. The first-order valence-corrected chi connectivity index (χ1v) is 20.4. The number of carbonyl (C=O) groups is 2. The molecule has 254 valence electrons. The fourth-order valence-electron chi connectivity index (χ4n) is 6.97. The standard InChI is InChI=1S/C40H60N2O2S2/c1-5-7-9-11-13-15-17-19-21-23-29-41-37(33-27-25-31(3)45-33)35-36(39(41)43)38(34-28-26-32(4)46-34)42(40(35)44)30-24-22-20-18-16-14-12-10-8-6-2/h25-28H,5-24,29-30H2,1-4H3. The van der Waals surface area contributed by atoms with E-state index >= 15 is 0 Å². The molecule has 0 aliphatic carbocycles. The zero-order valence-corrected chi connectivity index (χ0v) is 31.0. The molecule has 0 saturated carbocycles. The summed E-state index contributed by atoms with van der Waals surface area (Å²) < 4.78 is 0. The van der Waals surface area contributed by atoms with E-state index in [0.29, 0.717) is 24.2 Å². The number of hydrogen-bond donors (Lipinski definition) is 0. The topological polar surface area (TPSA) is 40.6 Å². The molecule has 2 aromatic heterocycles. The zero-order valence-electron chi connectivity index (χ0n) is 29.4.